The molecule has 37 heavy (non-hydrogen) atoms. The van der Waals surface area contributed by atoms with E-state index in [9.17, 15) is 9.59 Å². The number of esters is 1. The molecule has 1 amide bonds. The molecule has 0 aliphatic heterocycles. The second-order valence-electron chi connectivity index (χ2n) is 9.35. The molecule has 2 aromatic carbocycles. The highest BCUT2D eigenvalue weighted by atomic mass is 79.9. The number of hydrogen-bond acceptors (Lipinski definition) is 4. The van der Waals surface area contributed by atoms with E-state index in [0.717, 1.165) is 49.9 Å². The Bertz CT molecular complexity index is 929. The van der Waals surface area contributed by atoms with Crippen molar-refractivity contribution in [2.75, 3.05) is 44.7 Å². The van der Waals surface area contributed by atoms with Crippen LogP contribution in [0.4, 0.5) is 5.69 Å². The molecule has 2 rings (SSSR count). The number of amides is 1. The van der Waals surface area contributed by atoms with Crippen LogP contribution in [0.1, 0.15) is 86.9 Å². The van der Waals surface area contributed by atoms with Crippen molar-refractivity contribution < 1.29 is 40.5 Å². The van der Waals surface area contributed by atoms with Gasteiger partial charge >= 0.3 is 5.97 Å². The maximum Gasteiger partial charge on any atom is 0.338 e. The number of ether oxygens (including phenoxy) is 2. The van der Waals surface area contributed by atoms with Gasteiger partial charge in [-0.1, -0.05) is 45.2 Å². The number of hydrogen-bond donors (Lipinski definition) is 1. The predicted octanol–water partition coefficient (Wildman–Crippen LogP) is 3.72. The summed E-state index contributed by atoms with van der Waals surface area (Å²) in [6, 6.07) is 14.1. The molecule has 2 aromatic rings. The monoisotopic (exact) mass is 576 g/mol. The van der Waals surface area contributed by atoms with Crippen LogP contribution < -0.4 is 27.0 Å². The van der Waals surface area contributed by atoms with Crippen LogP contribution in [-0.4, -0.2) is 55.8 Å². The number of benzene rings is 2. The number of carbonyl (C=O) groups excluding carboxylic acids is 2. The molecule has 0 aliphatic carbocycles. The Balaban J connectivity index is 0.00000684. The fourth-order valence-electron chi connectivity index (χ4n) is 4.28. The van der Waals surface area contributed by atoms with Gasteiger partial charge in [0.15, 0.2) is 0 Å². The van der Waals surface area contributed by atoms with Crippen LogP contribution in [0, 0.1) is 0 Å². The van der Waals surface area contributed by atoms with Crippen molar-refractivity contribution in [1.82, 2.24) is 0 Å². The van der Waals surface area contributed by atoms with Crippen molar-refractivity contribution in [2.45, 2.75) is 66.2 Å². The Morgan fingerprint density at radius 1 is 0.784 bits per heavy atom. The van der Waals surface area contributed by atoms with Gasteiger partial charge in [0.1, 0.15) is 18.9 Å². The number of anilines is 1. The summed E-state index contributed by atoms with van der Waals surface area (Å²) in [5.41, 5.74) is 1.58. The van der Waals surface area contributed by atoms with E-state index in [0.29, 0.717) is 35.8 Å². The molecule has 0 saturated heterocycles. The average molecular weight is 578 g/mol. The third kappa shape index (κ3) is 10.9. The standard InChI is InChI=1S/C30H44N2O4.BrH/c1-5-9-13-21-32(7-3,8-4)22-24-36-30(34)25-17-19-26(20-18-25)31-29(33)27-15-11-12-16-28(27)35-23-14-10-6-2;/h11-12,15-20H,5-10,13-14,21-24H2,1-4H3;1H. The summed E-state index contributed by atoms with van der Waals surface area (Å²) in [7, 11) is 0. The zero-order chi connectivity index (χ0) is 26.2. The van der Waals surface area contributed by atoms with E-state index < -0.39 is 0 Å². The summed E-state index contributed by atoms with van der Waals surface area (Å²) >= 11 is 0. The fourth-order valence-corrected chi connectivity index (χ4v) is 4.28. The lowest BCUT2D eigenvalue weighted by molar-refractivity contribution is -0.925. The molecule has 0 saturated carbocycles. The van der Waals surface area contributed by atoms with Gasteiger partial charge in [0, 0.05) is 5.69 Å². The lowest BCUT2D eigenvalue weighted by Crippen LogP contribution is -3.00. The number of quaternary nitrogens is 1. The van der Waals surface area contributed by atoms with Gasteiger partial charge in [0.25, 0.3) is 5.91 Å². The van der Waals surface area contributed by atoms with Gasteiger partial charge in [-0.15, -0.1) is 0 Å². The Morgan fingerprint density at radius 3 is 2.08 bits per heavy atom. The predicted molar refractivity (Wildman–Crippen MR) is 147 cm³/mol. The summed E-state index contributed by atoms with van der Waals surface area (Å²) < 4.78 is 12.4. The number of nitrogens with zero attached hydrogens (tertiary/aromatic N) is 1. The molecule has 7 heteroatoms. The number of nitrogens with one attached hydrogen (secondary N) is 1. The van der Waals surface area contributed by atoms with Gasteiger partial charge in [-0.05, 0) is 69.5 Å². The minimum absolute atomic E-state index is 0. The number of likely N-dealkylation sites (N-methyl/N-ethyl adjacent to an activating group) is 1. The van der Waals surface area contributed by atoms with E-state index in [1.165, 1.54) is 19.3 Å². The topological polar surface area (TPSA) is 64.6 Å². The Hall–Kier alpha value is -2.38. The highest BCUT2D eigenvalue weighted by Crippen LogP contribution is 2.21. The second-order valence-corrected chi connectivity index (χ2v) is 9.35. The summed E-state index contributed by atoms with van der Waals surface area (Å²) in [5, 5.41) is 2.90. The third-order valence-electron chi connectivity index (χ3n) is 6.89. The lowest BCUT2D eigenvalue weighted by Gasteiger charge is -2.36. The molecule has 1 N–H and O–H groups in total. The number of halogens is 1. The molecule has 0 spiro atoms. The third-order valence-corrected chi connectivity index (χ3v) is 6.89. The molecule has 0 atom stereocenters. The van der Waals surface area contributed by atoms with Crippen LogP contribution in [0.15, 0.2) is 48.5 Å². The van der Waals surface area contributed by atoms with Gasteiger partial charge in [-0.25, -0.2) is 4.79 Å². The molecule has 206 valence electrons. The molecule has 0 aromatic heterocycles. The zero-order valence-corrected chi connectivity index (χ0v) is 24.6. The first-order valence-electron chi connectivity index (χ1n) is 13.6. The zero-order valence-electron chi connectivity index (χ0n) is 23.1. The normalized spacial score (nSPS) is 10.9. The van der Waals surface area contributed by atoms with Crippen molar-refractivity contribution in [3.8, 4) is 5.75 Å². The summed E-state index contributed by atoms with van der Waals surface area (Å²) in [4.78, 5) is 25.4. The smallest absolute Gasteiger partial charge is 0.338 e. The molecular formula is C30H45BrN2O4. The maximum absolute atomic E-state index is 12.8. The van der Waals surface area contributed by atoms with Crippen molar-refractivity contribution in [3.05, 3.63) is 59.7 Å². The van der Waals surface area contributed by atoms with Crippen LogP contribution in [0.25, 0.3) is 0 Å². The van der Waals surface area contributed by atoms with Crippen LogP contribution in [0.3, 0.4) is 0 Å². The SMILES string of the molecule is CCCCCOc1ccccc1C(=O)Nc1ccc(C(=O)OCC[N+](CC)(CC)CCCCC)cc1.[Br-]. The minimum atomic E-state index is -0.336. The fraction of sp³-hybridized carbons (Fsp3) is 0.533. The molecule has 0 unspecified atom stereocenters. The van der Waals surface area contributed by atoms with Crippen molar-refractivity contribution >= 4 is 17.6 Å². The molecule has 6 nitrogen and oxygen atoms in total. The van der Waals surface area contributed by atoms with E-state index in [-0.39, 0.29) is 28.9 Å². The highest BCUT2D eigenvalue weighted by molar-refractivity contribution is 6.06. The van der Waals surface area contributed by atoms with Crippen molar-refractivity contribution in [2.24, 2.45) is 0 Å². The van der Waals surface area contributed by atoms with Crippen molar-refractivity contribution in [3.63, 3.8) is 0 Å². The summed E-state index contributed by atoms with van der Waals surface area (Å²) in [5.74, 6) is -0.0000664. The van der Waals surface area contributed by atoms with Gasteiger partial charge in [-0.3, -0.25) is 4.79 Å². The number of unbranched alkanes of at least 4 members (excludes halogenated alkanes) is 4. The molecule has 0 bridgehead atoms. The molecular weight excluding hydrogens is 532 g/mol. The van der Waals surface area contributed by atoms with Gasteiger partial charge in [0.2, 0.25) is 0 Å². The number of para-hydroxylation sites is 1. The second kappa shape index (κ2) is 18.0. The first-order chi connectivity index (χ1) is 17.5. The van der Waals surface area contributed by atoms with Crippen molar-refractivity contribution in [1.29, 1.82) is 0 Å². The largest absolute Gasteiger partial charge is 1.00 e. The molecule has 0 heterocycles. The summed E-state index contributed by atoms with van der Waals surface area (Å²) in [6.45, 7) is 13.8. The van der Waals surface area contributed by atoms with Gasteiger partial charge in [0.05, 0.1) is 37.4 Å². The van der Waals surface area contributed by atoms with Gasteiger partial charge in [-0.2, -0.15) is 0 Å². The van der Waals surface area contributed by atoms with Gasteiger partial charge < -0.3 is 36.3 Å². The van der Waals surface area contributed by atoms with E-state index in [4.69, 9.17) is 9.47 Å². The van der Waals surface area contributed by atoms with Crippen LogP contribution >= 0.6 is 0 Å². The lowest BCUT2D eigenvalue weighted by atomic mass is 10.1. The molecule has 0 radical (unpaired) electrons. The Kier molecular flexibility index (Phi) is 15.9. The van der Waals surface area contributed by atoms with Crippen LogP contribution in [-0.2, 0) is 4.74 Å². The van der Waals surface area contributed by atoms with E-state index >= 15 is 0 Å². The average Bonchev–Trinajstić information content (AvgIpc) is 2.91. The first-order valence-corrected chi connectivity index (χ1v) is 13.6. The highest BCUT2D eigenvalue weighted by Gasteiger charge is 2.23. The Morgan fingerprint density at radius 2 is 1.43 bits per heavy atom. The number of carbonyl (C=O) groups is 2. The number of rotatable bonds is 17. The van der Waals surface area contributed by atoms with Crippen LogP contribution in [0.2, 0.25) is 0 Å². The quantitative estimate of drug-likeness (QED) is 0.177. The summed E-state index contributed by atoms with van der Waals surface area (Å²) in [6.07, 6.45) is 6.82. The molecule has 0 fully saturated rings. The van der Waals surface area contributed by atoms with Crippen LogP contribution in [0.5, 0.6) is 5.75 Å². The van der Waals surface area contributed by atoms with E-state index in [2.05, 4.69) is 33.0 Å². The maximum atomic E-state index is 12.8. The minimum Gasteiger partial charge on any atom is -1.00 e. The first kappa shape index (κ1) is 32.6. The van der Waals surface area contributed by atoms with E-state index in [1.807, 2.05) is 18.2 Å². The Labute approximate surface area is 234 Å². The van der Waals surface area contributed by atoms with E-state index in [1.54, 1.807) is 30.3 Å². The molecule has 0 aliphatic rings.